The molecular formula is C19H28N6. The van der Waals surface area contributed by atoms with E-state index in [0.29, 0.717) is 5.95 Å². The summed E-state index contributed by atoms with van der Waals surface area (Å²) in [5, 5.41) is 14.6. The SMILES string of the molecule is CCCCCNc1cnnc(Nc2ccc(N3CCCCC3)cc2)n1. The van der Waals surface area contributed by atoms with E-state index in [9.17, 15) is 0 Å². The van der Waals surface area contributed by atoms with Crippen LogP contribution in [0.25, 0.3) is 0 Å². The van der Waals surface area contributed by atoms with Gasteiger partial charge in [0.05, 0.1) is 6.20 Å². The van der Waals surface area contributed by atoms with Crippen LogP contribution >= 0.6 is 0 Å². The first kappa shape index (κ1) is 17.5. The molecular weight excluding hydrogens is 312 g/mol. The van der Waals surface area contributed by atoms with Gasteiger partial charge in [-0.3, -0.25) is 0 Å². The maximum absolute atomic E-state index is 4.47. The Kier molecular flexibility index (Phi) is 6.42. The average molecular weight is 340 g/mol. The molecule has 1 aliphatic heterocycles. The number of hydrogen-bond acceptors (Lipinski definition) is 6. The Morgan fingerprint density at radius 1 is 1.04 bits per heavy atom. The van der Waals surface area contributed by atoms with Gasteiger partial charge in [0.15, 0.2) is 5.82 Å². The van der Waals surface area contributed by atoms with E-state index in [1.807, 2.05) is 0 Å². The van der Waals surface area contributed by atoms with E-state index in [2.05, 4.69) is 61.9 Å². The van der Waals surface area contributed by atoms with Crippen LogP contribution in [0, 0.1) is 0 Å². The molecule has 0 unspecified atom stereocenters. The van der Waals surface area contributed by atoms with Gasteiger partial charge in [0.2, 0.25) is 5.95 Å². The Morgan fingerprint density at radius 2 is 1.84 bits per heavy atom. The molecule has 1 aromatic heterocycles. The third-order valence-corrected chi connectivity index (χ3v) is 4.49. The van der Waals surface area contributed by atoms with E-state index in [-0.39, 0.29) is 0 Å². The van der Waals surface area contributed by atoms with E-state index < -0.39 is 0 Å². The third kappa shape index (κ3) is 5.31. The number of nitrogens with one attached hydrogen (secondary N) is 2. The minimum atomic E-state index is 0.520. The van der Waals surface area contributed by atoms with Crippen LogP contribution in [0.15, 0.2) is 30.5 Å². The molecule has 0 aliphatic carbocycles. The fourth-order valence-corrected chi connectivity index (χ4v) is 3.07. The molecule has 0 saturated carbocycles. The molecule has 6 heteroatoms. The fourth-order valence-electron chi connectivity index (χ4n) is 3.07. The molecule has 1 aliphatic rings. The van der Waals surface area contributed by atoms with Crippen molar-refractivity contribution >= 4 is 23.1 Å². The summed E-state index contributed by atoms with van der Waals surface area (Å²) in [6.07, 6.45) is 9.17. The molecule has 25 heavy (non-hydrogen) atoms. The van der Waals surface area contributed by atoms with Crippen molar-refractivity contribution in [2.45, 2.75) is 45.4 Å². The van der Waals surface area contributed by atoms with Crippen molar-refractivity contribution in [3.8, 4) is 0 Å². The molecule has 0 atom stereocenters. The molecule has 6 nitrogen and oxygen atoms in total. The van der Waals surface area contributed by atoms with Crippen LogP contribution in [0.2, 0.25) is 0 Å². The molecule has 1 saturated heterocycles. The second-order valence-electron chi connectivity index (χ2n) is 6.52. The summed E-state index contributed by atoms with van der Waals surface area (Å²) in [7, 11) is 0. The predicted molar refractivity (Wildman–Crippen MR) is 104 cm³/mol. The van der Waals surface area contributed by atoms with Gasteiger partial charge < -0.3 is 15.5 Å². The molecule has 2 heterocycles. The highest BCUT2D eigenvalue weighted by Crippen LogP contribution is 2.22. The number of rotatable bonds is 8. The highest BCUT2D eigenvalue weighted by molar-refractivity contribution is 5.59. The van der Waals surface area contributed by atoms with Gasteiger partial charge in [-0.2, -0.15) is 10.1 Å². The van der Waals surface area contributed by atoms with Crippen LogP contribution in [-0.2, 0) is 0 Å². The van der Waals surface area contributed by atoms with Crippen molar-refractivity contribution in [1.82, 2.24) is 15.2 Å². The van der Waals surface area contributed by atoms with E-state index in [1.54, 1.807) is 6.20 Å². The quantitative estimate of drug-likeness (QED) is 0.702. The number of benzene rings is 1. The second kappa shape index (κ2) is 9.20. The topological polar surface area (TPSA) is 66.0 Å². The first-order chi connectivity index (χ1) is 12.3. The van der Waals surface area contributed by atoms with Gasteiger partial charge in [0.1, 0.15) is 0 Å². The van der Waals surface area contributed by atoms with E-state index in [0.717, 1.165) is 37.6 Å². The normalized spacial score (nSPS) is 14.4. The molecule has 1 fully saturated rings. The van der Waals surface area contributed by atoms with E-state index in [4.69, 9.17) is 0 Å². The van der Waals surface area contributed by atoms with Gasteiger partial charge in [0.25, 0.3) is 0 Å². The number of aromatic nitrogens is 3. The van der Waals surface area contributed by atoms with Gasteiger partial charge in [0, 0.05) is 31.0 Å². The zero-order valence-electron chi connectivity index (χ0n) is 15.0. The third-order valence-electron chi connectivity index (χ3n) is 4.49. The maximum Gasteiger partial charge on any atom is 0.249 e. The van der Waals surface area contributed by atoms with Crippen LogP contribution in [0.5, 0.6) is 0 Å². The Morgan fingerprint density at radius 3 is 2.60 bits per heavy atom. The Hall–Kier alpha value is -2.37. The summed E-state index contributed by atoms with van der Waals surface area (Å²) in [5.74, 6) is 1.28. The summed E-state index contributed by atoms with van der Waals surface area (Å²) in [5.41, 5.74) is 2.27. The van der Waals surface area contributed by atoms with Crippen LogP contribution in [-0.4, -0.2) is 34.8 Å². The molecule has 0 amide bonds. The lowest BCUT2D eigenvalue weighted by Gasteiger charge is -2.28. The standard InChI is InChI=1S/C19H28N6/c1-2-3-5-12-20-18-15-21-24-19(23-18)22-16-8-10-17(11-9-16)25-13-6-4-7-14-25/h8-11,15H,2-7,12-14H2,1H3,(H2,20,22,23,24). The first-order valence-electron chi connectivity index (χ1n) is 9.41. The van der Waals surface area contributed by atoms with Crippen molar-refractivity contribution in [2.24, 2.45) is 0 Å². The van der Waals surface area contributed by atoms with Crippen LogP contribution in [0.3, 0.4) is 0 Å². The monoisotopic (exact) mass is 340 g/mol. The van der Waals surface area contributed by atoms with E-state index >= 15 is 0 Å². The number of unbranched alkanes of at least 4 members (excludes halogenated alkanes) is 2. The second-order valence-corrected chi connectivity index (χ2v) is 6.52. The highest BCUT2D eigenvalue weighted by Gasteiger charge is 2.10. The fraction of sp³-hybridized carbons (Fsp3) is 0.526. The molecule has 3 rings (SSSR count). The Bertz CT molecular complexity index is 637. The van der Waals surface area contributed by atoms with Crippen molar-refractivity contribution in [3.05, 3.63) is 30.5 Å². The maximum atomic E-state index is 4.47. The lowest BCUT2D eigenvalue weighted by atomic mass is 10.1. The average Bonchev–Trinajstić information content (AvgIpc) is 2.67. The number of hydrogen-bond donors (Lipinski definition) is 2. The van der Waals surface area contributed by atoms with Gasteiger partial charge in [-0.15, -0.1) is 5.10 Å². The summed E-state index contributed by atoms with van der Waals surface area (Å²) < 4.78 is 0. The lowest BCUT2D eigenvalue weighted by Crippen LogP contribution is -2.29. The van der Waals surface area contributed by atoms with Crippen LogP contribution < -0.4 is 15.5 Å². The van der Waals surface area contributed by atoms with Crippen molar-refractivity contribution < 1.29 is 0 Å². The summed E-state index contributed by atoms with van der Waals surface area (Å²) in [6, 6.07) is 8.48. The zero-order chi connectivity index (χ0) is 17.3. The molecule has 2 aromatic rings. The zero-order valence-corrected chi connectivity index (χ0v) is 15.0. The van der Waals surface area contributed by atoms with Gasteiger partial charge in [-0.05, 0) is 49.9 Å². The molecule has 2 N–H and O–H groups in total. The molecule has 134 valence electrons. The van der Waals surface area contributed by atoms with Crippen molar-refractivity contribution in [1.29, 1.82) is 0 Å². The smallest absolute Gasteiger partial charge is 0.249 e. The van der Waals surface area contributed by atoms with Gasteiger partial charge in [-0.25, -0.2) is 0 Å². The molecule has 0 radical (unpaired) electrons. The lowest BCUT2D eigenvalue weighted by molar-refractivity contribution is 0.578. The Balaban J connectivity index is 1.56. The summed E-state index contributed by atoms with van der Waals surface area (Å²) in [4.78, 5) is 6.92. The highest BCUT2D eigenvalue weighted by atomic mass is 15.3. The van der Waals surface area contributed by atoms with Crippen LogP contribution in [0.4, 0.5) is 23.1 Å². The molecule has 0 spiro atoms. The minimum absolute atomic E-state index is 0.520. The summed E-state index contributed by atoms with van der Waals surface area (Å²) >= 11 is 0. The van der Waals surface area contributed by atoms with Crippen LogP contribution in [0.1, 0.15) is 45.4 Å². The number of piperidine rings is 1. The largest absolute Gasteiger partial charge is 0.372 e. The summed E-state index contributed by atoms with van der Waals surface area (Å²) in [6.45, 7) is 5.43. The van der Waals surface area contributed by atoms with E-state index in [1.165, 1.54) is 37.8 Å². The van der Waals surface area contributed by atoms with Crippen molar-refractivity contribution in [2.75, 3.05) is 35.2 Å². The van der Waals surface area contributed by atoms with Crippen molar-refractivity contribution in [3.63, 3.8) is 0 Å². The predicted octanol–water partition coefficient (Wildman–Crippen LogP) is 4.21. The van der Waals surface area contributed by atoms with Gasteiger partial charge >= 0.3 is 0 Å². The number of nitrogens with zero attached hydrogens (tertiary/aromatic N) is 4. The number of anilines is 4. The first-order valence-corrected chi connectivity index (χ1v) is 9.41. The molecule has 0 bridgehead atoms. The van der Waals surface area contributed by atoms with Gasteiger partial charge in [-0.1, -0.05) is 19.8 Å². The molecule has 1 aromatic carbocycles. The minimum Gasteiger partial charge on any atom is -0.372 e. The Labute approximate surface area is 150 Å².